The first-order valence-electron chi connectivity index (χ1n) is 11.6. The van der Waals surface area contributed by atoms with Gasteiger partial charge in [-0.3, -0.25) is 0 Å². The van der Waals surface area contributed by atoms with Crippen LogP contribution in [0.2, 0.25) is 5.02 Å². The zero-order valence-electron chi connectivity index (χ0n) is 19.7. The van der Waals surface area contributed by atoms with Crippen LogP contribution in [-0.4, -0.2) is 44.4 Å². The van der Waals surface area contributed by atoms with E-state index in [0.29, 0.717) is 24.5 Å². The van der Waals surface area contributed by atoms with Gasteiger partial charge in [0.2, 0.25) is 0 Å². The summed E-state index contributed by atoms with van der Waals surface area (Å²) in [5, 5.41) is 34.0. The van der Waals surface area contributed by atoms with Crippen molar-refractivity contribution in [1.29, 1.82) is 0 Å². The summed E-state index contributed by atoms with van der Waals surface area (Å²) < 4.78 is 1.72. The fourth-order valence-corrected chi connectivity index (χ4v) is 4.50. The van der Waals surface area contributed by atoms with Gasteiger partial charge in [0.05, 0.1) is 11.7 Å². The van der Waals surface area contributed by atoms with Gasteiger partial charge in [-0.05, 0) is 72.5 Å². The van der Waals surface area contributed by atoms with Gasteiger partial charge < -0.3 is 25.2 Å². The first-order valence-corrected chi connectivity index (χ1v) is 11.9. The predicted octanol–water partition coefficient (Wildman–Crippen LogP) is 4.99. The molecule has 1 unspecified atom stereocenters. The van der Waals surface area contributed by atoms with Gasteiger partial charge >= 0.3 is 11.9 Å². The maximum absolute atomic E-state index is 11.9. The highest BCUT2D eigenvalue weighted by Crippen LogP contribution is 2.24. The van der Waals surface area contributed by atoms with Crippen LogP contribution < -0.4 is 5.32 Å². The third kappa shape index (κ3) is 5.94. The molecule has 2 atom stereocenters. The fourth-order valence-electron chi connectivity index (χ4n) is 4.30. The summed E-state index contributed by atoms with van der Waals surface area (Å²) in [6.07, 6.45) is 0.0213. The molecular weight excluding hydrogens is 480 g/mol. The van der Waals surface area contributed by atoms with Gasteiger partial charge in [0.15, 0.2) is 0 Å². The predicted molar refractivity (Wildman–Crippen MR) is 139 cm³/mol. The first-order chi connectivity index (χ1) is 17.2. The molecule has 0 saturated heterocycles. The second-order valence-corrected chi connectivity index (χ2v) is 9.34. The average Bonchev–Trinajstić information content (AvgIpc) is 3.20. The number of benzene rings is 3. The van der Waals surface area contributed by atoms with Crippen LogP contribution in [0, 0.1) is 0 Å². The van der Waals surface area contributed by atoms with Crippen molar-refractivity contribution in [3.8, 4) is 0 Å². The van der Waals surface area contributed by atoms with Crippen LogP contribution in [0.5, 0.6) is 0 Å². The van der Waals surface area contributed by atoms with Crippen molar-refractivity contribution >= 4 is 34.4 Å². The molecule has 0 radical (unpaired) electrons. The minimum atomic E-state index is -1.03. The smallest absolute Gasteiger partial charge is 0.352 e. The highest BCUT2D eigenvalue weighted by molar-refractivity contribution is 6.30. The normalized spacial score (nSPS) is 13.0. The number of fused-ring (bicyclic) bond motifs is 1. The molecule has 36 heavy (non-hydrogen) atoms. The number of aromatic nitrogens is 1. The Morgan fingerprint density at radius 1 is 0.944 bits per heavy atom. The van der Waals surface area contributed by atoms with Gasteiger partial charge in [-0.1, -0.05) is 41.9 Å². The topological polar surface area (TPSA) is 112 Å². The van der Waals surface area contributed by atoms with Crippen LogP contribution in [-0.2, 0) is 13.0 Å². The van der Waals surface area contributed by atoms with Gasteiger partial charge in [0, 0.05) is 35.1 Å². The monoisotopic (exact) mass is 506 g/mol. The van der Waals surface area contributed by atoms with Crippen molar-refractivity contribution in [3.63, 3.8) is 0 Å². The van der Waals surface area contributed by atoms with Crippen molar-refractivity contribution in [2.75, 3.05) is 6.54 Å². The van der Waals surface area contributed by atoms with Gasteiger partial charge in [0.25, 0.3) is 0 Å². The van der Waals surface area contributed by atoms with Crippen LogP contribution in [0.15, 0.2) is 72.8 Å². The van der Waals surface area contributed by atoms with Gasteiger partial charge in [0.1, 0.15) is 5.69 Å². The third-order valence-electron chi connectivity index (χ3n) is 6.16. The lowest BCUT2D eigenvalue weighted by atomic mass is 10.0. The van der Waals surface area contributed by atoms with E-state index >= 15 is 0 Å². The van der Waals surface area contributed by atoms with E-state index in [4.69, 9.17) is 16.7 Å². The quantitative estimate of drug-likeness (QED) is 0.241. The third-order valence-corrected chi connectivity index (χ3v) is 6.40. The van der Waals surface area contributed by atoms with E-state index in [1.807, 2.05) is 37.3 Å². The number of aromatic carboxylic acids is 2. The number of hydrogen-bond donors (Lipinski definition) is 4. The number of nitrogens with zero attached hydrogens (tertiary/aromatic N) is 1. The van der Waals surface area contributed by atoms with Crippen molar-refractivity contribution in [2.24, 2.45) is 0 Å². The minimum absolute atomic E-state index is 0.0741. The Bertz CT molecular complexity index is 1400. The molecule has 0 amide bonds. The van der Waals surface area contributed by atoms with Crippen molar-refractivity contribution < 1.29 is 24.9 Å². The second kappa shape index (κ2) is 11.0. The summed E-state index contributed by atoms with van der Waals surface area (Å²) in [6, 6.07) is 21.2. The molecule has 8 heteroatoms. The highest BCUT2D eigenvalue weighted by Gasteiger charge is 2.17. The van der Waals surface area contributed by atoms with E-state index < -0.39 is 18.0 Å². The molecule has 3 aromatic carbocycles. The Labute approximate surface area is 213 Å². The SMILES string of the molecule is CC(Cc1ccc2c(c1)cc(C(=O)O)n2Cc1ccc(C(=O)O)cc1)NC[C@H](O)c1cccc(Cl)c1. The van der Waals surface area contributed by atoms with Crippen LogP contribution >= 0.6 is 11.6 Å². The average molecular weight is 507 g/mol. The molecule has 1 aromatic heterocycles. The lowest BCUT2D eigenvalue weighted by Gasteiger charge is -2.18. The van der Waals surface area contributed by atoms with Gasteiger partial charge in [-0.25, -0.2) is 9.59 Å². The van der Waals surface area contributed by atoms with E-state index in [0.717, 1.165) is 27.6 Å². The van der Waals surface area contributed by atoms with E-state index in [1.54, 1.807) is 34.9 Å². The molecule has 0 spiro atoms. The molecule has 4 rings (SSSR count). The Balaban J connectivity index is 1.48. The minimum Gasteiger partial charge on any atom is -0.478 e. The molecule has 4 aromatic rings. The lowest BCUT2D eigenvalue weighted by Crippen LogP contribution is -2.32. The van der Waals surface area contributed by atoms with Crippen LogP contribution in [0.3, 0.4) is 0 Å². The number of aliphatic hydroxyl groups excluding tert-OH is 1. The number of nitrogens with one attached hydrogen (secondary N) is 1. The Morgan fingerprint density at radius 3 is 2.33 bits per heavy atom. The molecule has 4 N–H and O–H groups in total. The van der Waals surface area contributed by atoms with Crippen molar-refractivity contribution in [1.82, 2.24) is 9.88 Å². The second-order valence-electron chi connectivity index (χ2n) is 8.90. The van der Waals surface area contributed by atoms with Crippen molar-refractivity contribution in [2.45, 2.75) is 32.0 Å². The molecule has 0 bridgehead atoms. The van der Waals surface area contributed by atoms with E-state index in [-0.39, 0.29) is 17.3 Å². The largest absolute Gasteiger partial charge is 0.478 e. The van der Waals surface area contributed by atoms with Gasteiger partial charge in [-0.2, -0.15) is 0 Å². The molecule has 0 aliphatic heterocycles. The molecule has 0 fully saturated rings. The summed E-state index contributed by atoms with van der Waals surface area (Å²) in [5.74, 6) is -2.03. The summed E-state index contributed by atoms with van der Waals surface area (Å²) >= 11 is 6.01. The summed E-state index contributed by atoms with van der Waals surface area (Å²) in [6.45, 7) is 2.72. The Kier molecular flexibility index (Phi) is 7.74. The Hall–Kier alpha value is -3.65. The van der Waals surface area contributed by atoms with Crippen molar-refractivity contribution in [3.05, 3.63) is 106 Å². The molecule has 0 aliphatic rings. The molecular formula is C28H27ClN2O5. The highest BCUT2D eigenvalue weighted by atomic mass is 35.5. The van der Waals surface area contributed by atoms with E-state index in [2.05, 4.69) is 5.32 Å². The Morgan fingerprint density at radius 2 is 1.67 bits per heavy atom. The summed E-state index contributed by atoms with van der Waals surface area (Å²) in [7, 11) is 0. The number of aliphatic hydroxyl groups is 1. The van der Waals surface area contributed by atoms with Crippen LogP contribution in [0.1, 0.15) is 50.6 Å². The number of hydrogen-bond acceptors (Lipinski definition) is 4. The van der Waals surface area contributed by atoms with E-state index in [9.17, 15) is 19.8 Å². The van der Waals surface area contributed by atoms with Crippen LogP contribution in [0.4, 0.5) is 0 Å². The van der Waals surface area contributed by atoms with Crippen LogP contribution in [0.25, 0.3) is 10.9 Å². The van der Waals surface area contributed by atoms with Gasteiger partial charge in [-0.15, -0.1) is 0 Å². The number of rotatable bonds is 10. The summed E-state index contributed by atoms with van der Waals surface area (Å²) in [4.78, 5) is 23.0. The molecule has 186 valence electrons. The maximum Gasteiger partial charge on any atom is 0.352 e. The molecule has 0 aliphatic carbocycles. The summed E-state index contributed by atoms with van der Waals surface area (Å²) in [5.41, 5.74) is 3.74. The number of carboxylic acid groups (broad SMARTS) is 2. The number of halogens is 1. The fraction of sp³-hybridized carbons (Fsp3) is 0.214. The van der Waals surface area contributed by atoms with E-state index in [1.165, 1.54) is 12.1 Å². The standard InChI is InChI=1S/C28H27ClN2O5/c1-17(30-15-26(32)21-3-2-4-23(29)13-21)11-19-7-10-24-22(12-19)14-25(28(35)36)31(24)16-18-5-8-20(9-6-18)27(33)34/h2-10,12-14,17,26,30,32H,11,15-16H2,1H3,(H,33,34)(H,35,36)/t17?,26-/m0/s1. The maximum atomic E-state index is 11.9. The lowest BCUT2D eigenvalue weighted by molar-refractivity contribution is 0.0680. The number of carbonyl (C=O) groups is 2. The molecule has 1 heterocycles. The zero-order valence-corrected chi connectivity index (χ0v) is 20.4. The molecule has 0 saturated carbocycles. The first kappa shape index (κ1) is 25.4. The number of carboxylic acids is 2. The zero-order chi connectivity index (χ0) is 25.8. The molecule has 7 nitrogen and oxygen atoms in total.